The van der Waals surface area contributed by atoms with Gasteiger partial charge in [-0.1, -0.05) is 12.1 Å². The molecule has 0 aliphatic heterocycles. The van der Waals surface area contributed by atoms with E-state index in [1.54, 1.807) is 36.4 Å². The Kier molecular flexibility index (Phi) is 6.34. The van der Waals surface area contributed by atoms with E-state index >= 15 is 0 Å². The van der Waals surface area contributed by atoms with Crippen molar-refractivity contribution in [1.82, 2.24) is 9.97 Å². The molecule has 4 rings (SSSR count). The molecular weight excluding hydrogens is 421 g/mol. The highest BCUT2D eigenvalue weighted by atomic mass is 19.4. The molecule has 6 nitrogen and oxygen atoms in total. The van der Waals surface area contributed by atoms with E-state index in [0.29, 0.717) is 17.1 Å². The van der Waals surface area contributed by atoms with Gasteiger partial charge in [0.05, 0.1) is 18.9 Å². The molecule has 1 aromatic heterocycles. The van der Waals surface area contributed by atoms with E-state index in [1.807, 2.05) is 12.1 Å². The van der Waals surface area contributed by atoms with E-state index in [1.165, 1.54) is 20.0 Å². The van der Waals surface area contributed by atoms with Crippen LogP contribution in [-0.2, 0) is 6.18 Å². The summed E-state index contributed by atoms with van der Waals surface area (Å²) in [4.78, 5) is 7.92. The van der Waals surface area contributed by atoms with Gasteiger partial charge >= 0.3 is 6.18 Å². The Labute approximate surface area is 183 Å². The van der Waals surface area contributed by atoms with Crippen LogP contribution in [0.15, 0.2) is 54.7 Å². The number of rotatable bonds is 7. The van der Waals surface area contributed by atoms with Crippen LogP contribution in [0.25, 0.3) is 0 Å². The number of alkyl halides is 3. The molecule has 1 aliphatic rings. The molecule has 32 heavy (non-hydrogen) atoms. The summed E-state index contributed by atoms with van der Waals surface area (Å²) in [6.45, 7) is 0. The summed E-state index contributed by atoms with van der Waals surface area (Å²) >= 11 is 0. The minimum atomic E-state index is -4.62. The number of nitrogens with one attached hydrogen (secondary N) is 2. The van der Waals surface area contributed by atoms with Gasteiger partial charge < -0.3 is 20.1 Å². The van der Waals surface area contributed by atoms with Gasteiger partial charge in [0.25, 0.3) is 0 Å². The van der Waals surface area contributed by atoms with Gasteiger partial charge in [0.1, 0.15) is 22.9 Å². The fourth-order valence-corrected chi connectivity index (χ4v) is 3.56. The highest BCUT2D eigenvalue weighted by Gasteiger charge is 2.35. The maximum Gasteiger partial charge on any atom is 0.421 e. The molecule has 0 saturated heterocycles. The van der Waals surface area contributed by atoms with E-state index < -0.39 is 11.7 Å². The fourth-order valence-electron chi connectivity index (χ4n) is 3.56. The first-order valence-corrected chi connectivity index (χ1v) is 10.3. The molecule has 0 radical (unpaired) electrons. The van der Waals surface area contributed by atoms with Gasteiger partial charge in [-0.3, -0.25) is 0 Å². The SMILES string of the molecule is COc1ccccc1Nc1nc(Nc2ccc(OC3CCCC3)cc2)ncc1C(F)(F)F. The summed E-state index contributed by atoms with van der Waals surface area (Å²) in [7, 11) is 1.44. The number of nitrogens with zero attached hydrogens (tertiary/aromatic N) is 2. The largest absolute Gasteiger partial charge is 0.495 e. The Hall–Kier alpha value is -3.49. The van der Waals surface area contributed by atoms with E-state index in [-0.39, 0.29) is 17.9 Å². The van der Waals surface area contributed by atoms with Gasteiger partial charge in [-0.2, -0.15) is 18.2 Å². The first kappa shape index (κ1) is 21.7. The van der Waals surface area contributed by atoms with Crippen LogP contribution in [0.5, 0.6) is 11.5 Å². The molecule has 0 spiro atoms. The highest BCUT2D eigenvalue weighted by molar-refractivity contribution is 5.67. The van der Waals surface area contributed by atoms with Crippen LogP contribution >= 0.6 is 0 Å². The summed E-state index contributed by atoms with van der Waals surface area (Å²) in [6.07, 6.45) is 0.854. The summed E-state index contributed by atoms with van der Waals surface area (Å²) in [6, 6.07) is 13.9. The summed E-state index contributed by atoms with van der Waals surface area (Å²) in [5, 5.41) is 5.66. The second kappa shape index (κ2) is 9.33. The van der Waals surface area contributed by atoms with Gasteiger partial charge in [0.2, 0.25) is 5.95 Å². The molecular formula is C23H23F3N4O2. The van der Waals surface area contributed by atoms with E-state index in [0.717, 1.165) is 24.8 Å². The van der Waals surface area contributed by atoms with Crippen LogP contribution in [0.3, 0.4) is 0 Å². The van der Waals surface area contributed by atoms with Crippen molar-refractivity contribution in [1.29, 1.82) is 0 Å². The van der Waals surface area contributed by atoms with Gasteiger partial charge in [-0.25, -0.2) is 4.98 Å². The first-order valence-electron chi connectivity index (χ1n) is 10.3. The van der Waals surface area contributed by atoms with Crippen molar-refractivity contribution in [3.8, 4) is 11.5 Å². The molecule has 0 atom stereocenters. The van der Waals surface area contributed by atoms with Crippen molar-refractivity contribution in [2.75, 3.05) is 17.7 Å². The molecule has 1 aliphatic carbocycles. The van der Waals surface area contributed by atoms with Crippen LogP contribution < -0.4 is 20.1 Å². The van der Waals surface area contributed by atoms with E-state index in [2.05, 4.69) is 20.6 Å². The van der Waals surface area contributed by atoms with Crippen LogP contribution in [0, 0.1) is 0 Å². The minimum Gasteiger partial charge on any atom is -0.495 e. The lowest BCUT2D eigenvalue weighted by Crippen LogP contribution is -2.13. The van der Waals surface area contributed by atoms with Crippen LogP contribution in [0.2, 0.25) is 0 Å². The Bertz CT molecular complexity index is 1050. The molecule has 0 bridgehead atoms. The number of benzene rings is 2. The molecule has 0 amide bonds. The quantitative estimate of drug-likeness (QED) is 0.445. The molecule has 9 heteroatoms. The predicted molar refractivity (Wildman–Crippen MR) is 116 cm³/mol. The molecule has 2 aromatic carbocycles. The molecule has 1 fully saturated rings. The first-order chi connectivity index (χ1) is 15.4. The lowest BCUT2D eigenvalue weighted by molar-refractivity contribution is -0.137. The molecule has 1 heterocycles. The zero-order valence-corrected chi connectivity index (χ0v) is 17.4. The zero-order valence-electron chi connectivity index (χ0n) is 17.4. The normalized spacial score (nSPS) is 14.2. The number of ether oxygens (including phenoxy) is 2. The third-order valence-electron chi connectivity index (χ3n) is 5.17. The minimum absolute atomic E-state index is 0.0276. The second-order valence-corrected chi connectivity index (χ2v) is 7.45. The van der Waals surface area contributed by atoms with Gasteiger partial charge in [-0.05, 0) is 62.1 Å². The lowest BCUT2D eigenvalue weighted by Gasteiger charge is -2.16. The number of methoxy groups -OCH3 is 1. The Morgan fingerprint density at radius 3 is 2.38 bits per heavy atom. The third-order valence-corrected chi connectivity index (χ3v) is 5.17. The van der Waals surface area contributed by atoms with E-state index in [4.69, 9.17) is 9.47 Å². The lowest BCUT2D eigenvalue weighted by atomic mass is 10.2. The van der Waals surface area contributed by atoms with E-state index in [9.17, 15) is 13.2 Å². The van der Waals surface area contributed by atoms with Crippen molar-refractivity contribution < 1.29 is 22.6 Å². The number of hydrogen-bond acceptors (Lipinski definition) is 6. The summed E-state index contributed by atoms with van der Waals surface area (Å²) < 4.78 is 51.7. The Morgan fingerprint density at radius 2 is 1.69 bits per heavy atom. The third kappa shape index (κ3) is 5.22. The van der Waals surface area contributed by atoms with Crippen LogP contribution in [0.1, 0.15) is 31.2 Å². The molecule has 2 N–H and O–H groups in total. The zero-order chi connectivity index (χ0) is 22.6. The van der Waals surface area contributed by atoms with Crippen molar-refractivity contribution in [3.63, 3.8) is 0 Å². The maximum atomic E-state index is 13.5. The molecule has 0 unspecified atom stereocenters. The number of anilines is 4. The molecule has 1 saturated carbocycles. The number of para-hydroxylation sites is 2. The van der Waals surface area contributed by atoms with Crippen molar-refractivity contribution in [2.24, 2.45) is 0 Å². The molecule has 168 valence electrons. The van der Waals surface area contributed by atoms with Gasteiger partial charge in [0, 0.05) is 11.9 Å². The topological polar surface area (TPSA) is 68.3 Å². The van der Waals surface area contributed by atoms with Crippen molar-refractivity contribution in [3.05, 3.63) is 60.3 Å². The monoisotopic (exact) mass is 444 g/mol. The van der Waals surface area contributed by atoms with Crippen molar-refractivity contribution >= 4 is 23.1 Å². The average Bonchev–Trinajstić information content (AvgIpc) is 3.28. The fraction of sp³-hybridized carbons (Fsp3) is 0.304. The van der Waals surface area contributed by atoms with Gasteiger partial charge in [0.15, 0.2) is 0 Å². The summed E-state index contributed by atoms with van der Waals surface area (Å²) in [5.41, 5.74) is 0.0135. The Balaban J connectivity index is 1.54. The highest BCUT2D eigenvalue weighted by Crippen LogP contribution is 2.37. The van der Waals surface area contributed by atoms with Crippen LogP contribution in [0.4, 0.5) is 36.3 Å². The van der Waals surface area contributed by atoms with Crippen molar-refractivity contribution in [2.45, 2.75) is 38.0 Å². The number of halogens is 3. The maximum absolute atomic E-state index is 13.5. The second-order valence-electron chi connectivity index (χ2n) is 7.45. The van der Waals surface area contributed by atoms with Gasteiger partial charge in [-0.15, -0.1) is 0 Å². The predicted octanol–water partition coefficient (Wildman–Crippen LogP) is 6.31. The summed E-state index contributed by atoms with van der Waals surface area (Å²) in [5.74, 6) is 0.807. The molecule has 3 aromatic rings. The van der Waals surface area contributed by atoms with Crippen LogP contribution in [-0.4, -0.2) is 23.2 Å². The average molecular weight is 444 g/mol. The Morgan fingerprint density at radius 1 is 0.969 bits per heavy atom. The number of aromatic nitrogens is 2. The smallest absolute Gasteiger partial charge is 0.421 e. The number of hydrogen-bond donors (Lipinski definition) is 2. The standard InChI is InChI=1S/C23H23F3N4O2/c1-31-20-9-5-4-8-19(20)29-21-18(23(24,25)26)14-27-22(30-21)28-15-10-12-17(13-11-15)32-16-6-2-3-7-16/h4-5,8-14,16H,2-3,6-7H2,1H3,(H2,27,28,29,30).